The summed E-state index contributed by atoms with van der Waals surface area (Å²) in [6, 6.07) is 6.04. The largest absolute Gasteiger partial charge is 0.486 e. The number of hydrogen-bond donors (Lipinski definition) is 0. The molecule has 0 saturated carbocycles. The molecule has 0 aliphatic rings. The van der Waals surface area contributed by atoms with E-state index in [0.29, 0.717) is 0 Å². The molecule has 0 fully saturated rings. The van der Waals surface area contributed by atoms with Gasteiger partial charge in [-0.25, -0.2) is 0 Å². The molecule has 0 aliphatic heterocycles. The normalized spacial score (nSPS) is 10.1. The van der Waals surface area contributed by atoms with Crippen molar-refractivity contribution in [2.75, 3.05) is 6.61 Å². The number of hydrogen-bond acceptors (Lipinski definition) is 2. The molecule has 0 atom stereocenters. The van der Waals surface area contributed by atoms with Gasteiger partial charge in [0.1, 0.15) is 12.4 Å². The summed E-state index contributed by atoms with van der Waals surface area (Å²) in [4.78, 5) is 10.8. The molecule has 0 saturated heterocycles. The molecule has 1 aromatic carbocycles. The van der Waals surface area contributed by atoms with Crippen LogP contribution in [-0.2, 0) is 17.6 Å². The van der Waals surface area contributed by atoms with Gasteiger partial charge in [0.05, 0.1) is 0 Å². The Bertz CT molecular complexity index is 342. The summed E-state index contributed by atoms with van der Waals surface area (Å²) < 4.78 is 5.36. The molecule has 15 heavy (non-hydrogen) atoms. The minimum absolute atomic E-state index is 0.0487. The van der Waals surface area contributed by atoms with E-state index in [-0.39, 0.29) is 12.4 Å². The van der Waals surface area contributed by atoms with Crippen LogP contribution in [0, 0.1) is 0 Å². The summed E-state index contributed by atoms with van der Waals surface area (Å²) in [5.41, 5.74) is 2.66. The first-order chi connectivity index (χ1) is 7.17. The lowest BCUT2D eigenvalue weighted by Gasteiger charge is -2.09. The zero-order valence-corrected chi connectivity index (χ0v) is 9.67. The molecule has 0 bridgehead atoms. The first-order valence-corrected chi connectivity index (χ1v) is 5.41. The van der Waals surface area contributed by atoms with Crippen molar-refractivity contribution < 1.29 is 9.53 Å². The summed E-state index contributed by atoms with van der Waals surface area (Å²) in [6.45, 7) is 5.96. The van der Waals surface area contributed by atoms with E-state index in [9.17, 15) is 4.79 Å². The molecule has 0 aliphatic carbocycles. The SMILES string of the molecule is CCc1ccc(OCC(C)=O)cc1CC. The number of ketones is 1. The van der Waals surface area contributed by atoms with E-state index in [2.05, 4.69) is 19.9 Å². The van der Waals surface area contributed by atoms with Gasteiger partial charge < -0.3 is 4.74 Å². The molecule has 0 aromatic heterocycles. The predicted molar refractivity (Wildman–Crippen MR) is 61.4 cm³/mol. The first-order valence-electron chi connectivity index (χ1n) is 5.41. The van der Waals surface area contributed by atoms with Crippen LogP contribution in [0.1, 0.15) is 31.9 Å². The van der Waals surface area contributed by atoms with E-state index in [1.165, 1.54) is 18.1 Å². The van der Waals surface area contributed by atoms with Gasteiger partial charge >= 0.3 is 0 Å². The van der Waals surface area contributed by atoms with Crippen molar-refractivity contribution >= 4 is 5.78 Å². The lowest BCUT2D eigenvalue weighted by Crippen LogP contribution is -2.07. The van der Waals surface area contributed by atoms with Gasteiger partial charge in [0.15, 0.2) is 5.78 Å². The van der Waals surface area contributed by atoms with Crippen LogP contribution in [0.5, 0.6) is 5.75 Å². The van der Waals surface area contributed by atoms with Gasteiger partial charge in [0.2, 0.25) is 0 Å². The summed E-state index contributed by atoms with van der Waals surface area (Å²) >= 11 is 0. The third-order valence-electron chi connectivity index (χ3n) is 2.38. The minimum Gasteiger partial charge on any atom is -0.486 e. The van der Waals surface area contributed by atoms with Crippen LogP contribution >= 0.6 is 0 Å². The molecule has 2 nitrogen and oxygen atoms in total. The highest BCUT2D eigenvalue weighted by Crippen LogP contribution is 2.19. The van der Waals surface area contributed by atoms with Crippen molar-refractivity contribution in [2.24, 2.45) is 0 Å². The first kappa shape index (κ1) is 11.8. The van der Waals surface area contributed by atoms with Crippen LogP contribution < -0.4 is 4.74 Å². The Morgan fingerprint density at radius 1 is 1.20 bits per heavy atom. The van der Waals surface area contributed by atoms with E-state index < -0.39 is 0 Å². The van der Waals surface area contributed by atoms with Crippen LogP contribution in [0.4, 0.5) is 0 Å². The van der Waals surface area contributed by atoms with Crippen LogP contribution in [0.2, 0.25) is 0 Å². The molecule has 0 spiro atoms. The number of rotatable bonds is 5. The molecule has 0 radical (unpaired) electrons. The number of carbonyl (C=O) groups excluding carboxylic acids is 1. The number of benzene rings is 1. The van der Waals surface area contributed by atoms with Gasteiger partial charge in [-0.2, -0.15) is 0 Å². The smallest absolute Gasteiger partial charge is 0.167 e. The van der Waals surface area contributed by atoms with Crippen molar-refractivity contribution in [3.8, 4) is 5.75 Å². The number of aryl methyl sites for hydroxylation is 2. The van der Waals surface area contributed by atoms with E-state index in [0.717, 1.165) is 18.6 Å². The van der Waals surface area contributed by atoms with Crippen LogP contribution in [0.15, 0.2) is 18.2 Å². The quantitative estimate of drug-likeness (QED) is 0.740. The highest BCUT2D eigenvalue weighted by molar-refractivity contribution is 5.77. The Balaban J connectivity index is 2.78. The molecule has 0 heterocycles. The van der Waals surface area contributed by atoms with E-state index in [4.69, 9.17) is 4.74 Å². The molecule has 1 rings (SSSR count). The highest BCUT2D eigenvalue weighted by Gasteiger charge is 2.02. The van der Waals surface area contributed by atoms with Crippen molar-refractivity contribution in [3.63, 3.8) is 0 Å². The zero-order chi connectivity index (χ0) is 11.3. The maximum Gasteiger partial charge on any atom is 0.167 e. The van der Waals surface area contributed by atoms with Crippen molar-refractivity contribution in [2.45, 2.75) is 33.6 Å². The van der Waals surface area contributed by atoms with Crippen LogP contribution in [-0.4, -0.2) is 12.4 Å². The van der Waals surface area contributed by atoms with Gasteiger partial charge in [-0.15, -0.1) is 0 Å². The lowest BCUT2D eigenvalue weighted by molar-refractivity contribution is -0.118. The summed E-state index contributed by atoms with van der Waals surface area (Å²) in [6.07, 6.45) is 2.04. The Labute approximate surface area is 91.3 Å². The standard InChI is InChI=1S/C13H18O2/c1-4-11-6-7-13(8-12(11)5-2)15-9-10(3)14/h6-8H,4-5,9H2,1-3H3. The topological polar surface area (TPSA) is 26.3 Å². The highest BCUT2D eigenvalue weighted by atomic mass is 16.5. The fourth-order valence-corrected chi connectivity index (χ4v) is 1.55. The Kier molecular flexibility index (Phi) is 4.35. The average Bonchev–Trinajstić information content (AvgIpc) is 2.25. The van der Waals surface area contributed by atoms with Gasteiger partial charge in [-0.1, -0.05) is 19.9 Å². The predicted octanol–water partition coefficient (Wildman–Crippen LogP) is 2.78. The average molecular weight is 206 g/mol. The Morgan fingerprint density at radius 3 is 2.40 bits per heavy atom. The maximum absolute atomic E-state index is 10.8. The van der Waals surface area contributed by atoms with Crippen LogP contribution in [0.25, 0.3) is 0 Å². The van der Waals surface area contributed by atoms with Gasteiger partial charge in [-0.05, 0) is 43.0 Å². The van der Waals surface area contributed by atoms with Crippen LogP contribution in [0.3, 0.4) is 0 Å². The van der Waals surface area contributed by atoms with Gasteiger partial charge in [-0.3, -0.25) is 4.79 Å². The second kappa shape index (κ2) is 5.54. The molecule has 82 valence electrons. The van der Waals surface area contributed by atoms with Crippen molar-refractivity contribution in [1.29, 1.82) is 0 Å². The summed E-state index contributed by atoms with van der Waals surface area (Å²) in [5.74, 6) is 0.840. The molecule has 1 aromatic rings. The fourth-order valence-electron chi connectivity index (χ4n) is 1.55. The van der Waals surface area contributed by atoms with Gasteiger partial charge in [0.25, 0.3) is 0 Å². The number of ether oxygens (including phenoxy) is 1. The van der Waals surface area contributed by atoms with E-state index in [1.54, 1.807) is 0 Å². The van der Waals surface area contributed by atoms with Gasteiger partial charge in [0, 0.05) is 0 Å². The second-order valence-corrected chi connectivity index (χ2v) is 3.63. The summed E-state index contributed by atoms with van der Waals surface area (Å²) in [7, 11) is 0. The fraction of sp³-hybridized carbons (Fsp3) is 0.462. The van der Waals surface area contributed by atoms with E-state index >= 15 is 0 Å². The van der Waals surface area contributed by atoms with Crippen molar-refractivity contribution in [1.82, 2.24) is 0 Å². The molecular formula is C13H18O2. The molecule has 2 heteroatoms. The minimum atomic E-state index is 0.0487. The maximum atomic E-state index is 10.8. The molecule has 0 amide bonds. The number of carbonyl (C=O) groups is 1. The number of Topliss-reactive ketones (excluding diaryl/α,β-unsaturated/α-hetero) is 1. The lowest BCUT2D eigenvalue weighted by atomic mass is 10.0. The monoisotopic (exact) mass is 206 g/mol. The third kappa shape index (κ3) is 3.39. The molecule has 0 unspecified atom stereocenters. The Hall–Kier alpha value is -1.31. The molecule has 0 N–H and O–H groups in total. The molecular weight excluding hydrogens is 188 g/mol. The zero-order valence-electron chi connectivity index (χ0n) is 9.67. The second-order valence-electron chi connectivity index (χ2n) is 3.63. The van der Waals surface area contributed by atoms with E-state index in [1.807, 2.05) is 12.1 Å². The Morgan fingerprint density at radius 2 is 1.87 bits per heavy atom. The summed E-state index contributed by atoms with van der Waals surface area (Å²) in [5, 5.41) is 0. The third-order valence-corrected chi connectivity index (χ3v) is 2.38. The van der Waals surface area contributed by atoms with Crippen molar-refractivity contribution in [3.05, 3.63) is 29.3 Å².